The highest BCUT2D eigenvalue weighted by molar-refractivity contribution is 5.23. The van der Waals surface area contributed by atoms with Crippen LogP contribution in [0, 0.1) is 17.6 Å². The molecule has 0 heterocycles. The molecule has 1 aromatic carbocycles. The first-order chi connectivity index (χ1) is 8.97. The number of benzene rings is 1. The maximum absolute atomic E-state index is 13.4. The molecule has 0 saturated carbocycles. The lowest BCUT2D eigenvalue weighted by atomic mass is 9.82. The third-order valence-corrected chi connectivity index (χ3v) is 3.68. The summed E-state index contributed by atoms with van der Waals surface area (Å²) in [5, 5.41) is 3.39. The van der Waals surface area contributed by atoms with Crippen LogP contribution in [0.5, 0.6) is 0 Å². The Bertz CT molecular complexity index is 366. The quantitative estimate of drug-likeness (QED) is 0.769. The lowest BCUT2D eigenvalue weighted by Crippen LogP contribution is -2.31. The van der Waals surface area contributed by atoms with Gasteiger partial charge in [0.05, 0.1) is 0 Å². The number of nitrogens with one attached hydrogen (secondary N) is 1. The first kappa shape index (κ1) is 16.1. The fraction of sp³-hybridized carbons (Fsp3) is 0.625. The summed E-state index contributed by atoms with van der Waals surface area (Å²) < 4.78 is 26.8. The molecule has 0 amide bonds. The van der Waals surface area contributed by atoms with Crippen LogP contribution >= 0.6 is 0 Å². The van der Waals surface area contributed by atoms with E-state index in [9.17, 15) is 8.78 Å². The van der Waals surface area contributed by atoms with Crippen molar-refractivity contribution in [3.8, 4) is 0 Å². The van der Waals surface area contributed by atoms with Crippen molar-refractivity contribution in [2.75, 3.05) is 6.54 Å². The molecule has 0 aliphatic heterocycles. The molecule has 0 bridgehead atoms. The van der Waals surface area contributed by atoms with Gasteiger partial charge in [0.1, 0.15) is 11.6 Å². The van der Waals surface area contributed by atoms with Gasteiger partial charge in [-0.15, -0.1) is 0 Å². The molecular weight excluding hydrogens is 244 g/mol. The van der Waals surface area contributed by atoms with Gasteiger partial charge in [0.2, 0.25) is 0 Å². The smallest absolute Gasteiger partial charge is 0.126 e. The lowest BCUT2D eigenvalue weighted by molar-refractivity contribution is 0.368. The highest BCUT2D eigenvalue weighted by atomic mass is 19.1. The highest BCUT2D eigenvalue weighted by Crippen LogP contribution is 2.30. The van der Waals surface area contributed by atoms with E-state index < -0.39 is 11.6 Å². The van der Waals surface area contributed by atoms with E-state index >= 15 is 0 Å². The number of hydrogen-bond acceptors (Lipinski definition) is 1. The van der Waals surface area contributed by atoms with Crippen LogP contribution in [0.2, 0.25) is 0 Å². The summed E-state index contributed by atoms with van der Waals surface area (Å²) in [5.41, 5.74) is 0.763. The standard InChI is InChI=1S/C16H25F2N/c1-5-12(6-2)16(10-19-11(3)4)13-7-14(17)9-15(18)8-13/h7-9,11-12,16,19H,5-6,10H2,1-4H3. The molecule has 0 saturated heterocycles. The molecule has 0 aromatic heterocycles. The molecule has 1 N–H and O–H groups in total. The van der Waals surface area contributed by atoms with E-state index in [1.807, 2.05) is 0 Å². The fourth-order valence-corrected chi connectivity index (χ4v) is 2.57. The van der Waals surface area contributed by atoms with Crippen molar-refractivity contribution in [1.29, 1.82) is 0 Å². The molecule has 1 unspecified atom stereocenters. The van der Waals surface area contributed by atoms with Gasteiger partial charge in [-0.05, 0) is 29.5 Å². The number of hydrogen-bond donors (Lipinski definition) is 1. The average molecular weight is 269 g/mol. The zero-order chi connectivity index (χ0) is 14.4. The molecule has 0 radical (unpaired) electrons. The monoisotopic (exact) mass is 269 g/mol. The summed E-state index contributed by atoms with van der Waals surface area (Å²) >= 11 is 0. The van der Waals surface area contributed by atoms with Crippen LogP contribution in [-0.4, -0.2) is 12.6 Å². The van der Waals surface area contributed by atoms with Gasteiger partial charge >= 0.3 is 0 Å². The Morgan fingerprint density at radius 1 is 1.00 bits per heavy atom. The predicted octanol–water partition coefficient (Wildman–Crippen LogP) is 4.48. The molecule has 1 rings (SSSR count). The predicted molar refractivity (Wildman–Crippen MR) is 76.3 cm³/mol. The Labute approximate surface area is 115 Å². The van der Waals surface area contributed by atoms with Gasteiger partial charge < -0.3 is 5.32 Å². The minimum Gasteiger partial charge on any atom is -0.314 e. The second-order valence-electron chi connectivity index (χ2n) is 5.45. The summed E-state index contributed by atoms with van der Waals surface area (Å²) in [6.07, 6.45) is 2.03. The first-order valence-electron chi connectivity index (χ1n) is 7.17. The van der Waals surface area contributed by atoms with E-state index in [4.69, 9.17) is 0 Å². The zero-order valence-electron chi connectivity index (χ0n) is 12.3. The van der Waals surface area contributed by atoms with Gasteiger partial charge in [-0.1, -0.05) is 40.5 Å². The molecule has 3 heteroatoms. The van der Waals surface area contributed by atoms with E-state index in [2.05, 4.69) is 33.0 Å². The van der Waals surface area contributed by atoms with Crippen molar-refractivity contribution in [3.05, 3.63) is 35.4 Å². The minimum absolute atomic E-state index is 0.155. The Balaban J connectivity index is 2.99. The van der Waals surface area contributed by atoms with Crippen LogP contribution in [0.25, 0.3) is 0 Å². The van der Waals surface area contributed by atoms with Crippen molar-refractivity contribution in [3.63, 3.8) is 0 Å². The molecule has 0 aliphatic rings. The van der Waals surface area contributed by atoms with E-state index in [1.165, 1.54) is 12.1 Å². The summed E-state index contributed by atoms with van der Waals surface area (Å²) in [5.74, 6) is -0.388. The van der Waals surface area contributed by atoms with Crippen LogP contribution in [0.4, 0.5) is 8.78 Å². The fourth-order valence-electron chi connectivity index (χ4n) is 2.57. The van der Waals surface area contributed by atoms with Crippen molar-refractivity contribution in [2.45, 2.75) is 52.5 Å². The highest BCUT2D eigenvalue weighted by Gasteiger charge is 2.21. The molecule has 0 spiro atoms. The van der Waals surface area contributed by atoms with Gasteiger partial charge in [0.15, 0.2) is 0 Å². The van der Waals surface area contributed by atoms with Crippen LogP contribution in [0.15, 0.2) is 18.2 Å². The normalized spacial score (nSPS) is 13.3. The van der Waals surface area contributed by atoms with E-state index in [1.54, 1.807) is 0 Å². The third kappa shape index (κ3) is 4.90. The van der Waals surface area contributed by atoms with Crippen LogP contribution < -0.4 is 5.32 Å². The SMILES string of the molecule is CCC(CC)C(CNC(C)C)c1cc(F)cc(F)c1. The van der Waals surface area contributed by atoms with Crippen molar-refractivity contribution in [1.82, 2.24) is 5.32 Å². The molecule has 1 nitrogen and oxygen atoms in total. The maximum atomic E-state index is 13.4. The molecule has 0 fully saturated rings. The van der Waals surface area contributed by atoms with Crippen molar-refractivity contribution in [2.24, 2.45) is 5.92 Å². The average Bonchev–Trinajstić information content (AvgIpc) is 2.32. The van der Waals surface area contributed by atoms with Crippen LogP contribution in [-0.2, 0) is 0 Å². The van der Waals surface area contributed by atoms with Gasteiger partial charge in [-0.2, -0.15) is 0 Å². The number of rotatable bonds is 7. The van der Waals surface area contributed by atoms with Crippen LogP contribution in [0.1, 0.15) is 52.0 Å². The van der Waals surface area contributed by atoms with Crippen LogP contribution in [0.3, 0.4) is 0 Å². The van der Waals surface area contributed by atoms with Gasteiger partial charge in [-0.25, -0.2) is 8.78 Å². The Kier molecular flexibility index (Phi) is 6.43. The molecule has 1 aromatic rings. The van der Waals surface area contributed by atoms with Crippen molar-refractivity contribution < 1.29 is 8.78 Å². The maximum Gasteiger partial charge on any atom is 0.126 e. The minimum atomic E-state index is -0.490. The van der Waals surface area contributed by atoms with Crippen molar-refractivity contribution >= 4 is 0 Å². The zero-order valence-corrected chi connectivity index (χ0v) is 12.3. The second-order valence-corrected chi connectivity index (χ2v) is 5.45. The van der Waals surface area contributed by atoms with E-state index in [-0.39, 0.29) is 5.92 Å². The Morgan fingerprint density at radius 2 is 1.53 bits per heavy atom. The molecule has 1 atom stereocenters. The molecule has 19 heavy (non-hydrogen) atoms. The van der Waals surface area contributed by atoms with E-state index in [0.717, 1.165) is 31.0 Å². The molecular formula is C16H25F2N. The molecule has 0 aliphatic carbocycles. The summed E-state index contributed by atoms with van der Waals surface area (Å²) in [6, 6.07) is 4.24. The topological polar surface area (TPSA) is 12.0 Å². The molecule has 108 valence electrons. The second kappa shape index (κ2) is 7.59. The summed E-state index contributed by atoms with van der Waals surface area (Å²) in [4.78, 5) is 0. The summed E-state index contributed by atoms with van der Waals surface area (Å²) in [6.45, 7) is 9.18. The van der Waals surface area contributed by atoms with Gasteiger partial charge in [-0.3, -0.25) is 0 Å². The van der Waals surface area contributed by atoms with Gasteiger partial charge in [0.25, 0.3) is 0 Å². The Morgan fingerprint density at radius 3 is 1.95 bits per heavy atom. The van der Waals surface area contributed by atoms with Gasteiger partial charge in [0, 0.05) is 18.7 Å². The first-order valence-corrected chi connectivity index (χ1v) is 7.17. The summed E-state index contributed by atoms with van der Waals surface area (Å²) in [7, 11) is 0. The third-order valence-electron chi connectivity index (χ3n) is 3.68. The van der Waals surface area contributed by atoms with E-state index in [0.29, 0.717) is 12.0 Å². The largest absolute Gasteiger partial charge is 0.314 e. The number of halogens is 2. The lowest BCUT2D eigenvalue weighted by Gasteiger charge is -2.27. The Hall–Kier alpha value is -0.960.